The number of rotatable bonds is 6. The van der Waals surface area contributed by atoms with Crippen LogP contribution in [0.3, 0.4) is 0 Å². The maximum absolute atomic E-state index is 11.8. The molecular weight excluding hydrogens is 334 g/mol. The molecule has 1 amide bonds. The van der Waals surface area contributed by atoms with Crippen LogP contribution in [0.1, 0.15) is 5.56 Å². The summed E-state index contributed by atoms with van der Waals surface area (Å²) in [6.07, 6.45) is 0. The lowest BCUT2D eigenvalue weighted by Crippen LogP contribution is -2.22. The van der Waals surface area contributed by atoms with E-state index >= 15 is 0 Å². The van der Waals surface area contributed by atoms with Crippen LogP contribution in [0, 0.1) is 6.92 Å². The zero-order valence-corrected chi connectivity index (χ0v) is 14.1. The predicted molar refractivity (Wildman–Crippen MR) is 92.9 cm³/mol. The lowest BCUT2D eigenvalue weighted by Gasteiger charge is -2.09. The van der Waals surface area contributed by atoms with Crippen LogP contribution in [0.25, 0.3) is 0 Å². The highest BCUT2D eigenvalue weighted by Gasteiger charge is 2.10. The Morgan fingerprint density at radius 1 is 1.13 bits per heavy atom. The summed E-state index contributed by atoms with van der Waals surface area (Å²) in [6.45, 7) is 1.49. The van der Waals surface area contributed by atoms with Gasteiger partial charge in [0.1, 0.15) is 0 Å². The summed E-state index contributed by atoms with van der Waals surface area (Å²) >= 11 is 7.35. The summed E-state index contributed by atoms with van der Waals surface area (Å²) in [4.78, 5) is 24.4. The van der Waals surface area contributed by atoms with Gasteiger partial charge in [-0.2, -0.15) is 0 Å². The molecule has 4 nitrogen and oxygen atoms in total. The van der Waals surface area contributed by atoms with E-state index in [-0.39, 0.29) is 12.4 Å². The van der Waals surface area contributed by atoms with E-state index in [0.29, 0.717) is 10.7 Å². The molecule has 1 N–H and O–H groups in total. The standard InChI is InChI=1S/C17H16ClNO3S/c1-12-14(18)8-5-9-15(12)19-16(20)10-22-17(21)11-23-13-6-3-2-4-7-13/h2-9H,10-11H2,1H3,(H,19,20). The van der Waals surface area contributed by atoms with Crippen molar-refractivity contribution in [1.82, 2.24) is 0 Å². The molecule has 0 bridgehead atoms. The van der Waals surface area contributed by atoms with Crippen molar-refractivity contribution in [3.05, 3.63) is 59.1 Å². The largest absolute Gasteiger partial charge is 0.455 e. The second kappa shape index (κ2) is 8.60. The number of halogens is 1. The SMILES string of the molecule is Cc1c(Cl)cccc1NC(=O)COC(=O)CSc1ccccc1. The Bertz CT molecular complexity index is 691. The number of carbonyl (C=O) groups is 2. The molecular formula is C17H16ClNO3S. The second-order valence-electron chi connectivity index (χ2n) is 4.72. The molecule has 0 aliphatic carbocycles. The number of nitrogens with one attached hydrogen (secondary N) is 1. The summed E-state index contributed by atoms with van der Waals surface area (Å²) in [7, 11) is 0. The van der Waals surface area contributed by atoms with Crippen LogP contribution in [0.4, 0.5) is 5.69 Å². The van der Waals surface area contributed by atoms with E-state index < -0.39 is 11.9 Å². The number of amides is 1. The zero-order valence-electron chi connectivity index (χ0n) is 12.5. The van der Waals surface area contributed by atoms with Crippen molar-refractivity contribution in [1.29, 1.82) is 0 Å². The maximum atomic E-state index is 11.8. The van der Waals surface area contributed by atoms with Crippen LogP contribution in [-0.2, 0) is 14.3 Å². The Balaban J connectivity index is 1.75. The number of benzene rings is 2. The van der Waals surface area contributed by atoms with Crippen LogP contribution >= 0.6 is 23.4 Å². The van der Waals surface area contributed by atoms with Gasteiger partial charge in [-0.3, -0.25) is 9.59 Å². The molecule has 0 unspecified atom stereocenters. The average molecular weight is 350 g/mol. The van der Waals surface area contributed by atoms with Crippen molar-refractivity contribution in [3.8, 4) is 0 Å². The van der Waals surface area contributed by atoms with Crippen molar-refractivity contribution in [2.75, 3.05) is 17.7 Å². The monoisotopic (exact) mass is 349 g/mol. The van der Waals surface area contributed by atoms with Crippen LogP contribution in [0.2, 0.25) is 5.02 Å². The Hall–Kier alpha value is -1.98. The molecule has 0 saturated heterocycles. The lowest BCUT2D eigenvalue weighted by atomic mass is 10.2. The topological polar surface area (TPSA) is 55.4 Å². The highest BCUT2D eigenvalue weighted by atomic mass is 35.5. The third kappa shape index (κ3) is 5.62. The van der Waals surface area contributed by atoms with Gasteiger partial charge in [0.25, 0.3) is 5.91 Å². The number of hydrogen-bond acceptors (Lipinski definition) is 4. The first-order valence-electron chi connectivity index (χ1n) is 6.94. The van der Waals surface area contributed by atoms with Gasteiger partial charge in [0, 0.05) is 15.6 Å². The normalized spacial score (nSPS) is 10.2. The van der Waals surface area contributed by atoms with Crippen LogP contribution in [-0.4, -0.2) is 24.2 Å². The van der Waals surface area contributed by atoms with Gasteiger partial charge in [0.05, 0.1) is 5.75 Å². The lowest BCUT2D eigenvalue weighted by molar-refractivity contribution is -0.144. The fraction of sp³-hybridized carbons (Fsp3) is 0.176. The summed E-state index contributed by atoms with van der Waals surface area (Å²) in [5, 5.41) is 3.24. The van der Waals surface area contributed by atoms with Crippen molar-refractivity contribution < 1.29 is 14.3 Å². The van der Waals surface area contributed by atoms with Gasteiger partial charge < -0.3 is 10.1 Å². The second-order valence-corrected chi connectivity index (χ2v) is 6.18. The zero-order chi connectivity index (χ0) is 16.7. The first kappa shape index (κ1) is 17.4. The summed E-state index contributed by atoms with van der Waals surface area (Å²) in [6, 6.07) is 14.7. The summed E-state index contributed by atoms with van der Waals surface area (Å²) in [5.74, 6) is -0.668. The highest BCUT2D eigenvalue weighted by molar-refractivity contribution is 8.00. The molecule has 0 aliphatic rings. The fourth-order valence-corrected chi connectivity index (χ4v) is 2.67. The van der Waals surface area contributed by atoms with E-state index in [1.165, 1.54) is 11.8 Å². The number of thioether (sulfide) groups is 1. The van der Waals surface area contributed by atoms with Gasteiger partial charge in [0.2, 0.25) is 0 Å². The molecule has 6 heteroatoms. The molecule has 0 radical (unpaired) electrons. The third-order valence-corrected chi connectivity index (χ3v) is 4.40. The van der Waals surface area contributed by atoms with Crippen LogP contribution in [0.5, 0.6) is 0 Å². The van der Waals surface area contributed by atoms with Gasteiger partial charge in [-0.25, -0.2) is 0 Å². The predicted octanol–water partition coefficient (Wildman–Crippen LogP) is 3.92. The smallest absolute Gasteiger partial charge is 0.316 e. The number of ether oxygens (including phenoxy) is 1. The van der Waals surface area contributed by atoms with Gasteiger partial charge >= 0.3 is 5.97 Å². The Morgan fingerprint density at radius 2 is 1.87 bits per heavy atom. The summed E-state index contributed by atoms with van der Waals surface area (Å²) in [5.41, 5.74) is 1.38. The van der Waals surface area contributed by atoms with E-state index in [0.717, 1.165) is 10.5 Å². The van der Waals surface area contributed by atoms with E-state index in [9.17, 15) is 9.59 Å². The number of anilines is 1. The molecule has 23 heavy (non-hydrogen) atoms. The maximum Gasteiger partial charge on any atom is 0.316 e. The van der Waals surface area contributed by atoms with Gasteiger partial charge in [-0.1, -0.05) is 35.9 Å². The molecule has 0 aliphatic heterocycles. The molecule has 0 spiro atoms. The molecule has 0 saturated carbocycles. The fourth-order valence-electron chi connectivity index (χ4n) is 1.78. The van der Waals surface area contributed by atoms with Crippen molar-refractivity contribution in [2.24, 2.45) is 0 Å². The molecule has 0 fully saturated rings. The Kier molecular flexibility index (Phi) is 6.50. The minimum absolute atomic E-state index is 0.160. The molecule has 2 aromatic carbocycles. The van der Waals surface area contributed by atoms with E-state index in [2.05, 4.69) is 5.32 Å². The van der Waals surface area contributed by atoms with Crippen molar-refractivity contribution in [2.45, 2.75) is 11.8 Å². The van der Waals surface area contributed by atoms with Gasteiger partial charge in [0.15, 0.2) is 6.61 Å². The average Bonchev–Trinajstić information content (AvgIpc) is 2.56. The van der Waals surface area contributed by atoms with Crippen molar-refractivity contribution in [3.63, 3.8) is 0 Å². The molecule has 0 heterocycles. The molecule has 120 valence electrons. The van der Waals surface area contributed by atoms with Gasteiger partial charge in [-0.15, -0.1) is 11.8 Å². The van der Waals surface area contributed by atoms with Crippen molar-refractivity contribution >= 4 is 40.9 Å². The first-order valence-corrected chi connectivity index (χ1v) is 8.31. The highest BCUT2D eigenvalue weighted by Crippen LogP contribution is 2.22. The first-order chi connectivity index (χ1) is 11.1. The number of hydrogen-bond donors (Lipinski definition) is 1. The third-order valence-electron chi connectivity index (χ3n) is 3.01. The molecule has 2 aromatic rings. The minimum atomic E-state index is -0.434. The Morgan fingerprint density at radius 3 is 2.61 bits per heavy atom. The van der Waals surface area contributed by atoms with Gasteiger partial charge in [-0.05, 0) is 36.8 Å². The minimum Gasteiger partial charge on any atom is -0.455 e. The molecule has 2 rings (SSSR count). The summed E-state index contributed by atoms with van der Waals surface area (Å²) < 4.78 is 4.96. The number of carbonyl (C=O) groups excluding carboxylic acids is 2. The van der Waals surface area contributed by atoms with Crippen LogP contribution < -0.4 is 5.32 Å². The Labute approximate surface area is 144 Å². The molecule has 0 atom stereocenters. The van der Waals surface area contributed by atoms with E-state index in [4.69, 9.17) is 16.3 Å². The van der Waals surface area contributed by atoms with E-state index in [1.807, 2.05) is 30.3 Å². The van der Waals surface area contributed by atoms with E-state index in [1.54, 1.807) is 25.1 Å². The molecule has 0 aromatic heterocycles. The number of esters is 1. The quantitative estimate of drug-likeness (QED) is 0.634. The van der Waals surface area contributed by atoms with Crippen LogP contribution in [0.15, 0.2) is 53.4 Å².